The highest BCUT2D eigenvalue weighted by atomic mass is 16.6. The van der Waals surface area contributed by atoms with E-state index in [0.29, 0.717) is 12.3 Å². The van der Waals surface area contributed by atoms with E-state index >= 15 is 0 Å². The van der Waals surface area contributed by atoms with E-state index in [9.17, 15) is 5.11 Å². The molecular weight excluding hydrogens is 142 g/mol. The summed E-state index contributed by atoms with van der Waals surface area (Å²) < 4.78 is 0. The maximum atomic E-state index is 9.38. The zero-order valence-electron chi connectivity index (χ0n) is 6.99. The number of hydrogen-bond acceptors (Lipinski definition) is 3. The third-order valence-corrected chi connectivity index (χ3v) is 2.51. The molecule has 0 radical (unpaired) electrons. The Kier molecular flexibility index (Phi) is 3.30. The van der Waals surface area contributed by atoms with E-state index in [1.807, 2.05) is 0 Å². The Morgan fingerprint density at radius 3 is 2.73 bits per heavy atom. The zero-order valence-corrected chi connectivity index (χ0v) is 6.99. The fourth-order valence-electron chi connectivity index (χ4n) is 1.79. The topological polar surface area (TPSA) is 55.5 Å². The third kappa shape index (κ3) is 2.43. The molecule has 11 heavy (non-hydrogen) atoms. The molecule has 0 bridgehead atoms. The van der Waals surface area contributed by atoms with Crippen LogP contribution in [-0.4, -0.2) is 17.3 Å². The van der Waals surface area contributed by atoms with Crippen molar-refractivity contribution in [1.29, 1.82) is 0 Å². The summed E-state index contributed by atoms with van der Waals surface area (Å²) in [7, 11) is 0. The lowest BCUT2D eigenvalue weighted by Gasteiger charge is -2.30. The van der Waals surface area contributed by atoms with E-state index in [-0.39, 0.29) is 12.2 Å². The zero-order chi connectivity index (χ0) is 8.27. The van der Waals surface area contributed by atoms with Gasteiger partial charge in [-0.3, -0.25) is 0 Å². The summed E-state index contributed by atoms with van der Waals surface area (Å²) in [6.45, 7) is 2.14. The lowest BCUT2D eigenvalue weighted by atomic mass is 9.84. The molecule has 0 aliphatic heterocycles. The molecule has 3 atom stereocenters. The van der Waals surface area contributed by atoms with Gasteiger partial charge >= 0.3 is 0 Å². The Bertz CT molecular complexity index is 107. The summed E-state index contributed by atoms with van der Waals surface area (Å²) in [5.41, 5.74) is 0. The van der Waals surface area contributed by atoms with Gasteiger partial charge in [-0.1, -0.05) is 13.3 Å². The van der Waals surface area contributed by atoms with E-state index in [2.05, 4.69) is 6.92 Å². The van der Waals surface area contributed by atoms with Gasteiger partial charge in [0.25, 0.3) is 0 Å². The second kappa shape index (κ2) is 4.04. The summed E-state index contributed by atoms with van der Waals surface area (Å²) in [5, 5.41) is 9.38. The molecule has 1 fully saturated rings. The van der Waals surface area contributed by atoms with Crippen LogP contribution < -0.4 is 5.90 Å². The maximum absolute atomic E-state index is 9.38. The highest BCUT2D eigenvalue weighted by Gasteiger charge is 2.26. The van der Waals surface area contributed by atoms with Gasteiger partial charge in [-0.25, -0.2) is 5.90 Å². The van der Waals surface area contributed by atoms with Crippen LogP contribution in [0.3, 0.4) is 0 Å². The number of hydrogen-bond donors (Lipinski definition) is 2. The van der Waals surface area contributed by atoms with Crippen molar-refractivity contribution in [3.8, 4) is 0 Å². The van der Waals surface area contributed by atoms with Crippen molar-refractivity contribution >= 4 is 0 Å². The molecule has 66 valence electrons. The molecule has 0 heterocycles. The summed E-state index contributed by atoms with van der Waals surface area (Å²) >= 11 is 0. The van der Waals surface area contributed by atoms with Crippen LogP contribution in [0.15, 0.2) is 0 Å². The molecule has 0 spiro atoms. The molecule has 0 saturated heterocycles. The second-order valence-electron chi connectivity index (χ2n) is 3.39. The van der Waals surface area contributed by atoms with Crippen LogP contribution in [0.4, 0.5) is 0 Å². The van der Waals surface area contributed by atoms with E-state index in [0.717, 1.165) is 19.3 Å². The fraction of sp³-hybridized carbons (Fsp3) is 1.00. The van der Waals surface area contributed by atoms with E-state index in [1.54, 1.807) is 0 Å². The quantitative estimate of drug-likeness (QED) is 0.586. The Morgan fingerprint density at radius 2 is 2.18 bits per heavy atom. The summed E-state index contributed by atoms with van der Waals surface area (Å²) in [6.07, 6.45) is 3.59. The first-order valence-corrected chi connectivity index (χ1v) is 4.29. The lowest BCUT2D eigenvalue weighted by molar-refractivity contribution is -0.0350. The Hall–Kier alpha value is -0.120. The van der Waals surface area contributed by atoms with Crippen LogP contribution in [0.2, 0.25) is 0 Å². The number of aliphatic hydroxyl groups is 1. The second-order valence-corrected chi connectivity index (χ2v) is 3.39. The van der Waals surface area contributed by atoms with Gasteiger partial charge in [0.05, 0.1) is 12.2 Å². The third-order valence-electron chi connectivity index (χ3n) is 2.51. The van der Waals surface area contributed by atoms with Gasteiger partial charge in [0.15, 0.2) is 0 Å². The van der Waals surface area contributed by atoms with Crippen molar-refractivity contribution in [3.63, 3.8) is 0 Å². The average Bonchev–Trinajstić information content (AvgIpc) is 2.03. The molecule has 0 aromatic rings. The standard InChI is InChI=1S/C8H17NO2/c1-2-6-3-7(10)5-8(4-6)11-9/h6-8,10H,2-5,9H2,1H3. The Balaban J connectivity index is 2.37. The predicted octanol–water partition coefficient (Wildman–Crippen LogP) is 0.816. The van der Waals surface area contributed by atoms with Gasteiger partial charge in [-0.15, -0.1) is 0 Å². The Labute approximate surface area is 67.5 Å². The average molecular weight is 159 g/mol. The summed E-state index contributed by atoms with van der Waals surface area (Å²) in [6, 6.07) is 0. The molecule has 1 rings (SSSR count). The van der Waals surface area contributed by atoms with Crippen molar-refractivity contribution < 1.29 is 9.94 Å². The fourth-order valence-corrected chi connectivity index (χ4v) is 1.79. The number of aliphatic hydroxyl groups excluding tert-OH is 1. The van der Waals surface area contributed by atoms with Crippen LogP contribution >= 0.6 is 0 Å². The summed E-state index contributed by atoms with van der Waals surface area (Å²) in [5.74, 6) is 5.66. The van der Waals surface area contributed by atoms with Crippen LogP contribution in [0.1, 0.15) is 32.6 Å². The smallest absolute Gasteiger partial charge is 0.0814 e. The summed E-state index contributed by atoms with van der Waals surface area (Å²) in [4.78, 5) is 4.73. The molecule has 0 amide bonds. The molecule has 3 heteroatoms. The largest absolute Gasteiger partial charge is 0.393 e. The molecule has 3 nitrogen and oxygen atoms in total. The van der Waals surface area contributed by atoms with Crippen molar-refractivity contribution in [3.05, 3.63) is 0 Å². The van der Waals surface area contributed by atoms with E-state index < -0.39 is 0 Å². The number of nitrogens with two attached hydrogens (primary N) is 1. The highest BCUT2D eigenvalue weighted by molar-refractivity contribution is 4.77. The van der Waals surface area contributed by atoms with Crippen molar-refractivity contribution in [2.24, 2.45) is 11.8 Å². The Morgan fingerprint density at radius 1 is 1.45 bits per heavy atom. The van der Waals surface area contributed by atoms with E-state index in [4.69, 9.17) is 10.7 Å². The van der Waals surface area contributed by atoms with Crippen LogP contribution in [0, 0.1) is 5.92 Å². The van der Waals surface area contributed by atoms with Gasteiger partial charge in [0.1, 0.15) is 0 Å². The van der Waals surface area contributed by atoms with Gasteiger partial charge in [-0.05, 0) is 18.8 Å². The predicted molar refractivity (Wildman–Crippen MR) is 42.7 cm³/mol. The van der Waals surface area contributed by atoms with Crippen LogP contribution in [-0.2, 0) is 4.84 Å². The minimum Gasteiger partial charge on any atom is -0.393 e. The van der Waals surface area contributed by atoms with Gasteiger partial charge in [0, 0.05) is 6.42 Å². The molecule has 0 aromatic carbocycles. The first kappa shape index (κ1) is 8.97. The monoisotopic (exact) mass is 159 g/mol. The highest BCUT2D eigenvalue weighted by Crippen LogP contribution is 2.27. The lowest BCUT2D eigenvalue weighted by Crippen LogP contribution is -2.32. The maximum Gasteiger partial charge on any atom is 0.0814 e. The van der Waals surface area contributed by atoms with E-state index in [1.165, 1.54) is 0 Å². The first-order valence-electron chi connectivity index (χ1n) is 4.29. The molecule has 0 aromatic heterocycles. The minimum atomic E-state index is -0.206. The van der Waals surface area contributed by atoms with Crippen molar-refractivity contribution in [2.45, 2.75) is 44.8 Å². The molecular formula is C8H17NO2. The minimum absolute atomic E-state index is 0.0729. The normalized spacial score (nSPS) is 39.0. The molecule has 3 N–H and O–H groups in total. The first-order chi connectivity index (χ1) is 5.26. The van der Waals surface area contributed by atoms with Gasteiger partial charge in [0.2, 0.25) is 0 Å². The van der Waals surface area contributed by atoms with Crippen LogP contribution in [0.25, 0.3) is 0 Å². The SMILES string of the molecule is CCC1CC(O)CC(ON)C1. The van der Waals surface area contributed by atoms with Crippen molar-refractivity contribution in [2.75, 3.05) is 0 Å². The molecule has 1 saturated carbocycles. The van der Waals surface area contributed by atoms with Gasteiger partial charge < -0.3 is 9.94 Å². The molecule has 3 unspecified atom stereocenters. The molecule has 1 aliphatic carbocycles. The molecule has 1 aliphatic rings. The van der Waals surface area contributed by atoms with Crippen molar-refractivity contribution in [1.82, 2.24) is 0 Å². The van der Waals surface area contributed by atoms with Gasteiger partial charge in [-0.2, -0.15) is 0 Å². The van der Waals surface area contributed by atoms with Crippen LogP contribution in [0.5, 0.6) is 0 Å². The number of rotatable bonds is 2.